The van der Waals surface area contributed by atoms with Crippen LogP contribution in [-0.2, 0) is 32.0 Å². The van der Waals surface area contributed by atoms with E-state index < -0.39 is 23.8 Å². The molecule has 2 amide bonds. The molecule has 3 rings (SSSR count). The monoisotopic (exact) mass is 577 g/mol. The van der Waals surface area contributed by atoms with E-state index in [2.05, 4.69) is 28.8 Å². The van der Waals surface area contributed by atoms with Crippen molar-refractivity contribution < 1.29 is 28.6 Å². The lowest BCUT2D eigenvalue weighted by Crippen LogP contribution is -2.44. The maximum Gasteiger partial charge on any atom is 0.309 e. The van der Waals surface area contributed by atoms with Crippen molar-refractivity contribution in [2.75, 3.05) is 19.8 Å². The minimum atomic E-state index is -0.679. The van der Waals surface area contributed by atoms with Crippen molar-refractivity contribution in [3.8, 4) is 0 Å². The number of H-pyrrole nitrogens is 1. The van der Waals surface area contributed by atoms with Crippen LogP contribution < -0.4 is 10.6 Å². The number of hydrogen-bond donors (Lipinski definition) is 4. The minimum absolute atomic E-state index is 0.0707. The van der Waals surface area contributed by atoms with Crippen molar-refractivity contribution in [3.05, 3.63) is 97.0 Å². The molecule has 1 heterocycles. The summed E-state index contributed by atoms with van der Waals surface area (Å²) in [4.78, 5) is 42.1. The first kappa shape index (κ1) is 32.3. The van der Waals surface area contributed by atoms with E-state index in [-0.39, 0.29) is 50.2 Å². The third kappa shape index (κ3) is 9.99. The van der Waals surface area contributed by atoms with Crippen LogP contribution in [0.25, 0.3) is 10.9 Å². The number of para-hydroxylation sites is 1. The van der Waals surface area contributed by atoms with Crippen LogP contribution in [0.2, 0.25) is 0 Å². The zero-order valence-corrected chi connectivity index (χ0v) is 23.8. The Balaban J connectivity index is 1.76. The van der Waals surface area contributed by atoms with Gasteiger partial charge in [-0.3, -0.25) is 14.4 Å². The predicted octanol–water partition coefficient (Wildman–Crippen LogP) is 4.39. The average Bonchev–Trinajstić information content (AvgIpc) is 3.40. The number of aliphatic hydroxyl groups is 1. The van der Waals surface area contributed by atoms with E-state index >= 15 is 0 Å². The number of rotatable bonds is 18. The largest absolute Gasteiger partial charge is 0.463 e. The normalized spacial score (nSPS) is 13.1. The fraction of sp³-hybridized carbons (Fsp3) is 0.364. The van der Waals surface area contributed by atoms with Crippen molar-refractivity contribution in [1.29, 1.82) is 0 Å². The Bertz CT molecular complexity index is 1340. The Morgan fingerprint density at radius 1 is 1.02 bits per heavy atom. The first-order chi connectivity index (χ1) is 20.3. The first-order valence-corrected chi connectivity index (χ1v) is 14.2. The summed E-state index contributed by atoms with van der Waals surface area (Å²) >= 11 is 0. The third-order valence-corrected chi connectivity index (χ3v) is 7.05. The molecule has 0 aliphatic heterocycles. The number of aliphatic hydroxyl groups excluding tert-OH is 1. The fourth-order valence-corrected chi connectivity index (χ4v) is 4.84. The summed E-state index contributed by atoms with van der Waals surface area (Å²) < 4.78 is 19.2. The molecular weight excluding hydrogens is 537 g/mol. The molecule has 0 radical (unpaired) electrons. The number of esters is 1. The predicted molar refractivity (Wildman–Crippen MR) is 161 cm³/mol. The van der Waals surface area contributed by atoms with Gasteiger partial charge < -0.3 is 25.5 Å². The van der Waals surface area contributed by atoms with E-state index in [0.29, 0.717) is 25.7 Å². The van der Waals surface area contributed by atoms with Gasteiger partial charge in [0.05, 0.1) is 24.5 Å². The molecule has 0 saturated heterocycles. The summed E-state index contributed by atoms with van der Waals surface area (Å²) in [5.41, 5.74) is 2.71. The van der Waals surface area contributed by atoms with Crippen molar-refractivity contribution in [3.63, 3.8) is 0 Å². The number of benzene rings is 2. The van der Waals surface area contributed by atoms with E-state index in [4.69, 9.17) is 9.84 Å². The standard InChI is InChI=1S/C33H40FN3O5/c1-3-5-9-25(18-23-12-14-27(34)15-13-23)33(41)42-22-28(19-26-21-36-30-11-7-6-10-29(26)30)37-32(40)24(8-4-2)20-31(39)35-16-17-38/h3-4,6-7,10-15,21,24-25,28,36,38H,1-2,5,8-9,16-20,22H2,(H,35,39)(H,37,40)/t24-,25+,28-/m0/s1. The highest BCUT2D eigenvalue weighted by Gasteiger charge is 2.26. The molecule has 0 aliphatic carbocycles. The number of hydrogen-bond acceptors (Lipinski definition) is 5. The number of nitrogens with one attached hydrogen (secondary N) is 3. The van der Waals surface area contributed by atoms with Crippen LogP contribution >= 0.6 is 0 Å². The molecule has 8 nitrogen and oxygen atoms in total. The molecule has 0 fully saturated rings. The molecule has 1 aromatic heterocycles. The summed E-state index contributed by atoms with van der Waals surface area (Å²) in [6.45, 7) is 7.30. The van der Waals surface area contributed by atoms with Crippen LogP contribution in [0.15, 0.2) is 80.0 Å². The summed E-state index contributed by atoms with van der Waals surface area (Å²) in [6.07, 6.45) is 7.29. The number of ether oxygens (including phenoxy) is 1. The molecule has 3 aromatic rings. The quantitative estimate of drug-likeness (QED) is 0.132. The highest BCUT2D eigenvalue weighted by Crippen LogP contribution is 2.21. The topological polar surface area (TPSA) is 121 Å². The van der Waals surface area contributed by atoms with Gasteiger partial charge in [-0.15, -0.1) is 13.2 Å². The SMILES string of the molecule is C=CCC[C@H](Cc1ccc(F)cc1)C(=O)OC[C@H](Cc1c[nH]c2ccccc12)NC(=O)[C@@H](CC=C)CC(=O)NCCO. The molecule has 0 unspecified atom stereocenters. The highest BCUT2D eigenvalue weighted by molar-refractivity contribution is 5.86. The summed E-state index contributed by atoms with van der Waals surface area (Å²) in [7, 11) is 0. The first-order valence-electron chi connectivity index (χ1n) is 14.2. The van der Waals surface area contributed by atoms with Crippen LogP contribution in [-0.4, -0.2) is 53.7 Å². The highest BCUT2D eigenvalue weighted by atomic mass is 19.1. The Hall–Kier alpha value is -4.24. The molecule has 9 heteroatoms. The van der Waals surface area contributed by atoms with Gasteiger partial charge in [-0.05, 0) is 61.4 Å². The maximum atomic E-state index is 13.4. The van der Waals surface area contributed by atoms with Gasteiger partial charge in [0.15, 0.2) is 0 Å². The van der Waals surface area contributed by atoms with Gasteiger partial charge in [0.2, 0.25) is 11.8 Å². The summed E-state index contributed by atoms with van der Waals surface area (Å²) in [5, 5.41) is 15.6. The maximum absolute atomic E-state index is 13.4. The molecule has 0 aliphatic rings. The molecule has 2 aromatic carbocycles. The van der Waals surface area contributed by atoms with E-state index in [1.54, 1.807) is 24.3 Å². The van der Waals surface area contributed by atoms with E-state index in [0.717, 1.165) is 22.0 Å². The number of fused-ring (bicyclic) bond motifs is 1. The molecule has 224 valence electrons. The van der Waals surface area contributed by atoms with E-state index in [1.807, 2.05) is 30.5 Å². The second kappa shape index (κ2) is 16.9. The van der Waals surface area contributed by atoms with Gasteiger partial charge in [-0.25, -0.2) is 4.39 Å². The van der Waals surface area contributed by atoms with Gasteiger partial charge in [0, 0.05) is 30.1 Å². The van der Waals surface area contributed by atoms with Gasteiger partial charge >= 0.3 is 5.97 Å². The Morgan fingerprint density at radius 3 is 2.50 bits per heavy atom. The summed E-state index contributed by atoms with van der Waals surface area (Å²) in [5.74, 6) is -2.62. The Morgan fingerprint density at radius 2 is 1.79 bits per heavy atom. The number of amides is 2. The van der Waals surface area contributed by atoms with E-state index in [9.17, 15) is 18.8 Å². The number of carbonyl (C=O) groups excluding carboxylic acids is 3. The zero-order valence-electron chi connectivity index (χ0n) is 23.8. The zero-order chi connectivity index (χ0) is 30.3. The molecule has 0 bridgehead atoms. The van der Waals surface area contributed by atoms with Gasteiger partial charge in [0.25, 0.3) is 0 Å². The van der Waals surface area contributed by atoms with Crippen LogP contribution in [0.3, 0.4) is 0 Å². The van der Waals surface area contributed by atoms with Crippen LogP contribution in [0.1, 0.15) is 36.8 Å². The second-order valence-electron chi connectivity index (χ2n) is 10.3. The van der Waals surface area contributed by atoms with Crippen molar-refractivity contribution in [2.45, 2.75) is 44.6 Å². The van der Waals surface area contributed by atoms with Crippen molar-refractivity contribution >= 4 is 28.7 Å². The van der Waals surface area contributed by atoms with Crippen LogP contribution in [0.4, 0.5) is 4.39 Å². The molecule has 42 heavy (non-hydrogen) atoms. The number of aromatic amines is 1. The van der Waals surface area contributed by atoms with Crippen LogP contribution in [0, 0.1) is 17.7 Å². The van der Waals surface area contributed by atoms with Gasteiger partial charge in [-0.1, -0.05) is 42.5 Å². The van der Waals surface area contributed by atoms with Crippen LogP contribution in [0.5, 0.6) is 0 Å². The lowest BCUT2D eigenvalue weighted by molar-refractivity contribution is -0.150. The second-order valence-corrected chi connectivity index (χ2v) is 10.3. The lowest BCUT2D eigenvalue weighted by Gasteiger charge is -2.23. The summed E-state index contributed by atoms with van der Waals surface area (Å²) in [6, 6.07) is 13.3. The van der Waals surface area contributed by atoms with Crippen molar-refractivity contribution in [2.24, 2.45) is 11.8 Å². The number of allylic oxidation sites excluding steroid dienone is 2. The lowest BCUT2D eigenvalue weighted by atomic mass is 9.94. The average molecular weight is 578 g/mol. The number of carbonyl (C=O) groups is 3. The molecule has 0 spiro atoms. The fourth-order valence-electron chi connectivity index (χ4n) is 4.84. The minimum Gasteiger partial charge on any atom is -0.463 e. The van der Waals surface area contributed by atoms with Gasteiger partial charge in [0.1, 0.15) is 12.4 Å². The third-order valence-electron chi connectivity index (χ3n) is 7.05. The Kier molecular flexibility index (Phi) is 13.0. The molecule has 3 atom stereocenters. The Labute approximate surface area is 246 Å². The molecular formula is C33H40FN3O5. The van der Waals surface area contributed by atoms with Crippen molar-refractivity contribution in [1.82, 2.24) is 15.6 Å². The molecule has 0 saturated carbocycles. The van der Waals surface area contributed by atoms with Gasteiger partial charge in [-0.2, -0.15) is 0 Å². The number of aromatic nitrogens is 1. The smallest absolute Gasteiger partial charge is 0.309 e. The van der Waals surface area contributed by atoms with E-state index in [1.165, 1.54) is 12.1 Å². The number of halogens is 1. The molecule has 4 N–H and O–H groups in total.